The second kappa shape index (κ2) is 8.74. The molecule has 0 aliphatic carbocycles. The van der Waals surface area contributed by atoms with Crippen LogP contribution in [0.5, 0.6) is 0 Å². The van der Waals surface area contributed by atoms with Crippen molar-refractivity contribution in [3.05, 3.63) is 30.1 Å². The van der Waals surface area contributed by atoms with Gasteiger partial charge in [0.1, 0.15) is 5.82 Å². The molecule has 0 radical (unpaired) electrons. The number of benzene rings is 1. The van der Waals surface area contributed by atoms with Gasteiger partial charge in [-0.2, -0.15) is 0 Å². The molecule has 3 N–H and O–H groups in total. The SMILES string of the molecule is CNCC(=O)NCCc1nc2ccccc2[nH]1.Cl.Cl. The number of aromatic nitrogens is 2. The maximum atomic E-state index is 11.2. The monoisotopic (exact) mass is 304 g/mol. The van der Waals surface area contributed by atoms with Crippen LogP contribution in [0.25, 0.3) is 11.0 Å². The van der Waals surface area contributed by atoms with Gasteiger partial charge in [0.2, 0.25) is 5.91 Å². The Hall–Kier alpha value is -1.30. The minimum atomic E-state index is 0. The third-order valence-corrected chi connectivity index (χ3v) is 2.46. The highest BCUT2D eigenvalue weighted by Crippen LogP contribution is 2.09. The van der Waals surface area contributed by atoms with Crippen LogP contribution in [0.2, 0.25) is 0 Å². The lowest BCUT2D eigenvalue weighted by molar-refractivity contribution is -0.120. The molecule has 0 fully saturated rings. The zero-order valence-electron chi connectivity index (χ0n) is 10.6. The van der Waals surface area contributed by atoms with Gasteiger partial charge in [-0.3, -0.25) is 4.79 Å². The van der Waals surface area contributed by atoms with Crippen LogP contribution in [-0.4, -0.2) is 36.0 Å². The normalized spacial score (nSPS) is 9.53. The third-order valence-electron chi connectivity index (χ3n) is 2.46. The number of carbonyl (C=O) groups excluding carboxylic acids is 1. The molecule has 2 aromatic rings. The minimum absolute atomic E-state index is 0. The summed E-state index contributed by atoms with van der Waals surface area (Å²) in [4.78, 5) is 18.9. The topological polar surface area (TPSA) is 69.8 Å². The molecule has 0 saturated carbocycles. The summed E-state index contributed by atoms with van der Waals surface area (Å²) in [6, 6.07) is 7.89. The molecule has 0 aliphatic rings. The molecule has 0 atom stereocenters. The van der Waals surface area contributed by atoms with Gasteiger partial charge in [-0.15, -0.1) is 24.8 Å². The van der Waals surface area contributed by atoms with Gasteiger partial charge in [-0.25, -0.2) is 4.98 Å². The van der Waals surface area contributed by atoms with Gasteiger partial charge in [0.15, 0.2) is 0 Å². The van der Waals surface area contributed by atoms with Gasteiger partial charge >= 0.3 is 0 Å². The maximum Gasteiger partial charge on any atom is 0.233 e. The summed E-state index contributed by atoms with van der Waals surface area (Å²) in [5, 5.41) is 5.62. The fourth-order valence-corrected chi connectivity index (χ4v) is 1.67. The molecule has 0 spiro atoms. The van der Waals surface area contributed by atoms with Gasteiger partial charge in [0.05, 0.1) is 17.6 Å². The van der Waals surface area contributed by atoms with Crippen molar-refractivity contribution < 1.29 is 4.79 Å². The highest BCUT2D eigenvalue weighted by molar-refractivity contribution is 5.85. The fourth-order valence-electron chi connectivity index (χ4n) is 1.67. The summed E-state index contributed by atoms with van der Waals surface area (Å²) < 4.78 is 0. The van der Waals surface area contributed by atoms with Gasteiger partial charge in [-0.05, 0) is 19.2 Å². The number of nitrogens with one attached hydrogen (secondary N) is 3. The fraction of sp³-hybridized carbons (Fsp3) is 0.333. The van der Waals surface area contributed by atoms with Crippen LogP contribution in [0.3, 0.4) is 0 Å². The molecule has 2 rings (SSSR count). The lowest BCUT2D eigenvalue weighted by atomic mass is 10.3. The van der Waals surface area contributed by atoms with Gasteiger partial charge in [0, 0.05) is 13.0 Å². The van der Waals surface area contributed by atoms with E-state index in [9.17, 15) is 4.79 Å². The van der Waals surface area contributed by atoms with Crippen molar-refractivity contribution in [2.75, 3.05) is 20.1 Å². The van der Waals surface area contributed by atoms with Crippen LogP contribution in [0.1, 0.15) is 5.82 Å². The first-order valence-electron chi connectivity index (χ1n) is 5.64. The van der Waals surface area contributed by atoms with Crippen molar-refractivity contribution >= 4 is 41.8 Å². The van der Waals surface area contributed by atoms with E-state index in [1.54, 1.807) is 7.05 Å². The summed E-state index contributed by atoms with van der Waals surface area (Å²) in [5.74, 6) is 0.902. The first-order chi connectivity index (χ1) is 8.29. The number of rotatable bonds is 5. The number of nitrogens with zero attached hydrogens (tertiary/aromatic N) is 1. The number of likely N-dealkylation sites (N-methyl/N-ethyl adjacent to an activating group) is 1. The molecular weight excluding hydrogens is 287 g/mol. The Bertz CT molecular complexity index is 482. The van der Waals surface area contributed by atoms with Crippen LogP contribution in [0.4, 0.5) is 0 Å². The van der Waals surface area contributed by atoms with Crippen molar-refractivity contribution in [2.24, 2.45) is 0 Å². The van der Waals surface area contributed by atoms with Crippen molar-refractivity contribution in [1.82, 2.24) is 20.6 Å². The number of para-hydroxylation sites is 2. The zero-order valence-corrected chi connectivity index (χ0v) is 12.2. The quantitative estimate of drug-likeness (QED) is 0.779. The molecule has 7 heteroatoms. The average molecular weight is 305 g/mol. The smallest absolute Gasteiger partial charge is 0.233 e. The van der Waals surface area contributed by atoms with E-state index in [0.29, 0.717) is 19.5 Å². The first-order valence-corrected chi connectivity index (χ1v) is 5.64. The predicted molar refractivity (Wildman–Crippen MR) is 81.2 cm³/mol. The Balaban J connectivity index is 0.00000162. The summed E-state index contributed by atoms with van der Waals surface area (Å²) in [6.07, 6.45) is 0.712. The van der Waals surface area contributed by atoms with Crippen LogP contribution in [-0.2, 0) is 11.2 Å². The molecule has 0 aliphatic heterocycles. The number of hydrogen-bond donors (Lipinski definition) is 3. The van der Waals surface area contributed by atoms with Gasteiger partial charge < -0.3 is 15.6 Å². The number of hydrogen-bond acceptors (Lipinski definition) is 3. The summed E-state index contributed by atoms with van der Waals surface area (Å²) in [7, 11) is 1.75. The molecule has 0 unspecified atom stereocenters. The van der Waals surface area contributed by atoms with E-state index in [2.05, 4.69) is 20.6 Å². The standard InChI is InChI=1S/C12H16N4O.2ClH/c1-13-8-12(17)14-7-6-11-15-9-4-2-3-5-10(9)16-11;;/h2-5,13H,6-8H2,1H3,(H,14,17)(H,15,16);2*1H. The Morgan fingerprint density at radius 2 is 2.05 bits per heavy atom. The largest absolute Gasteiger partial charge is 0.355 e. The highest BCUT2D eigenvalue weighted by Gasteiger charge is 2.02. The van der Waals surface area contributed by atoms with E-state index >= 15 is 0 Å². The van der Waals surface area contributed by atoms with Crippen LogP contribution in [0, 0.1) is 0 Å². The van der Waals surface area contributed by atoms with Crippen molar-refractivity contribution in [3.63, 3.8) is 0 Å². The number of aromatic amines is 1. The molecule has 1 heterocycles. The molecular formula is C12H18Cl2N4O. The Labute approximate surface area is 124 Å². The number of H-pyrrole nitrogens is 1. The first kappa shape index (κ1) is 17.7. The van der Waals surface area contributed by atoms with Crippen LogP contribution >= 0.6 is 24.8 Å². The number of halogens is 2. The van der Waals surface area contributed by atoms with E-state index in [0.717, 1.165) is 16.9 Å². The molecule has 0 saturated heterocycles. The zero-order chi connectivity index (χ0) is 12.1. The predicted octanol–water partition coefficient (Wildman–Crippen LogP) is 1.28. The van der Waals surface area contributed by atoms with Gasteiger partial charge in [-0.1, -0.05) is 12.1 Å². The number of amides is 1. The number of fused-ring (bicyclic) bond motifs is 1. The van der Waals surface area contributed by atoms with Gasteiger partial charge in [0.25, 0.3) is 0 Å². The average Bonchev–Trinajstić information content (AvgIpc) is 2.71. The maximum absolute atomic E-state index is 11.2. The molecule has 0 bridgehead atoms. The second-order valence-electron chi connectivity index (χ2n) is 3.83. The molecule has 1 aromatic carbocycles. The Kier molecular flexibility index (Phi) is 8.14. The van der Waals surface area contributed by atoms with Crippen LogP contribution < -0.4 is 10.6 Å². The molecule has 5 nitrogen and oxygen atoms in total. The molecule has 19 heavy (non-hydrogen) atoms. The molecule has 1 amide bonds. The lowest BCUT2D eigenvalue weighted by Crippen LogP contribution is -2.33. The lowest BCUT2D eigenvalue weighted by Gasteiger charge is -2.02. The Morgan fingerprint density at radius 3 is 2.74 bits per heavy atom. The molecule has 1 aromatic heterocycles. The second-order valence-corrected chi connectivity index (χ2v) is 3.83. The van der Waals surface area contributed by atoms with Crippen LogP contribution in [0.15, 0.2) is 24.3 Å². The van der Waals surface area contributed by atoms with E-state index in [1.807, 2.05) is 24.3 Å². The third kappa shape index (κ3) is 5.06. The van der Waals surface area contributed by atoms with Crippen molar-refractivity contribution in [1.29, 1.82) is 0 Å². The van der Waals surface area contributed by atoms with Crippen molar-refractivity contribution in [2.45, 2.75) is 6.42 Å². The molecule has 106 valence electrons. The summed E-state index contributed by atoms with van der Waals surface area (Å²) in [5.41, 5.74) is 1.99. The number of imidazole rings is 1. The van der Waals surface area contributed by atoms with E-state index in [1.165, 1.54) is 0 Å². The van der Waals surface area contributed by atoms with E-state index in [4.69, 9.17) is 0 Å². The summed E-state index contributed by atoms with van der Waals surface area (Å²) in [6.45, 7) is 0.945. The Morgan fingerprint density at radius 1 is 1.32 bits per heavy atom. The van der Waals surface area contributed by atoms with Crippen molar-refractivity contribution in [3.8, 4) is 0 Å². The summed E-state index contributed by atoms with van der Waals surface area (Å²) >= 11 is 0. The van der Waals surface area contributed by atoms with E-state index in [-0.39, 0.29) is 30.7 Å². The number of carbonyl (C=O) groups is 1. The minimum Gasteiger partial charge on any atom is -0.355 e. The van der Waals surface area contributed by atoms with E-state index < -0.39 is 0 Å². The highest BCUT2D eigenvalue weighted by atomic mass is 35.5.